The SMILES string of the molecule is Cc1cc2c(s1)c(-c1nccc3c1sc1ccccc13)cc1ccccc12. The second-order valence-electron chi connectivity index (χ2n) is 6.88. The van der Waals surface area contributed by atoms with Crippen LogP contribution in [0.25, 0.3) is 52.3 Å². The minimum atomic E-state index is 1.10. The molecule has 0 fully saturated rings. The molecule has 0 aliphatic carbocycles. The molecule has 3 aromatic heterocycles. The first kappa shape index (κ1) is 15.3. The lowest BCUT2D eigenvalue weighted by Gasteiger charge is -2.08. The third-order valence-electron chi connectivity index (χ3n) is 5.20. The molecule has 6 rings (SSSR count). The lowest BCUT2D eigenvalue weighted by atomic mass is 10.00. The summed E-state index contributed by atoms with van der Waals surface area (Å²) >= 11 is 3.71. The first-order valence-electron chi connectivity index (χ1n) is 8.98. The minimum Gasteiger partial charge on any atom is -0.255 e. The van der Waals surface area contributed by atoms with Crippen molar-refractivity contribution in [3.05, 3.63) is 77.8 Å². The normalized spacial score (nSPS) is 11.9. The maximum Gasteiger partial charge on any atom is 0.0895 e. The number of thiophene rings is 2. The number of rotatable bonds is 1. The topological polar surface area (TPSA) is 12.9 Å². The van der Waals surface area contributed by atoms with Gasteiger partial charge in [0.25, 0.3) is 0 Å². The monoisotopic (exact) mass is 381 g/mol. The average Bonchev–Trinajstić information content (AvgIpc) is 3.27. The van der Waals surface area contributed by atoms with Crippen molar-refractivity contribution in [3.63, 3.8) is 0 Å². The second kappa shape index (κ2) is 5.62. The van der Waals surface area contributed by atoms with E-state index in [1.54, 1.807) is 0 Å². The Hall–Kier alpha value is -2.75. The van der Waals surface area contributed by atoms with Crippen LogP contribution in [0, 0.1) is 6.92 Å². The predicted octanol–water partition coefficient (Wildman–Crippen LogP) is 7.79. The zero-order chi connectivity index (χ0) is 18.0. The van der Waals surface area contributed by atoms with E-state index in [1.807, 2.05) is 28.9 Å². The Morgan fingerprint density at radius 2 is 1.52 bits per heavy atom. The Balaban J connectivity index is 1.79. The van der Waals surface area contributed by atoms with Crippen LogP contribution < -0.4 is 0 Å². The van der Waals surface area contributed by atoms with Crippen LogP contribution in [0.15, 0.2) is 72.9 Å². The van der Waals surface area contributed by atoms with Gasteiger partial charge in [-0.3, -0.25) is 4.98 Å². The number of nitrogens with zero attached hydrogens (tertiary/aromatic N) is 1. The third-order valence-corrected chi connectivity index (χ3v) is 7.48. The molecule has 0 N–H and O–H groups in total. The number of pyridine rings is 1. The maximum absolute atomic E-state index is 4.86. The Bertz CT molecular complexity index is 1490. The van der Waals surface area contributed by atoms with Gasteiger partial charge in [-0.05, 0) is 42.0 Å². The lowest BCUT2D eigenvalue weighted by Crippen LogP contribution is -1.85. The Kier molecular flexibility index (Phi) is 3.19. The van der Waals surface area contributed by atoms with Gasteiger partial charge in [-0.15, -0.1) is 22.7 Å². The average molecular weight is 382 g/mol. The van der Waals surface area contributed by atoms with Crippen LogP contribution >= 0.6 is 22.7 Å². The number of hydrogen-bond donors (Lipinski definition) is 0. The largest absolute Gasteiger partial charge is 0.255 e. The molecule has 0 amide bonds. The van der Waals surface area contributed by atoms with Gasteiger partial charge in [-0.1, -0.05) is 42.5 Å². The molecule has 0 aliphatic rings. The van der Waals surface area contributed by atoms with Crippen LogP contribution in [0.2, 0.25) is 0 Å². The van der Waals surface area contributed by atoms with E-state index < -0.39 is 0 Å². The van der Waals surface area contributed by atoms with Crippen LogP contribution in [0.1, 0.15) is 4.88 Å². The van der Waals surface area contributed by atoms with Gasteiger partial charge in [0.1, 0.15) is 0 Å². The highest BCUT2D eigenvalue weighted by molar-refractivity contribution is 7.26. The van der Waals surface area contributed by atoms with E-state index in [-0.39, 0.29) is 0 Å². The van der Waals surface area contributed by atoms with Crippen molar-refractivity contribution >= 4 is 63.7 Å². The van der Waals surface area contributed by atoms with Crippen molar-refractivity contribution in [2.75, 3.05) is 0 Å². The molecule has 3 aromatic carbocycles. The van der Waals surface area contributed by atoms with Crippen molar-refractivity contribution in [1.82, 2.24) is 4.98 Å². The van der Waals surface area contributed by atoms with Gasteiger partial charge in [-0.25, -0.2) is 0 Å². The van der Waals surface area contributed by atoms with E-state index in [9.17, 15) is 0 Å². The van der Waals surface area contributed by atoms with Crippen LogP contribution in [0.4, 0.5) is 0 Å². The summed E-state index contributed by atoms with van der Waals surface area (Å²) < 4.78 is 3.94. The van der Waals surface area contributed by atoms with E-state index >= 15 is 0 Å². The van der Waals surface area contributed by atoms with E-state index in [1.165, 1.54) is 51.5 Å². The molecule has 3 heterocycles. The summed E-state index contributed by atoms with van der Waals surface area (Å²) in [5.41, 5.74) is 2.35. The van der Waals surface area contributed by atoms with E-state index in [4.69, 9.17) is 4.98 Å². The lowest BCUT2D eigenvalue weighted by molar-refractivity contribution is 1.38. The summed E-state index contributed by atoms with van der Waals surface area (Å²) in [6.07, 6.45) is 1.96. The molecule has 0 atom stereocenters. The molecule has 0 saturated heterocycles. The Morgan fingerprint density at radius 3 is 2.44 bits per heavy atom. The molecule has 1 nitrogen and oxygen atoms in total. The molecule has 3 heteroatoms. The number of aryl methyl sites for hydroxylation is 1. The van der Waals surface area contributed by atoms with Crippen LogP contribution in [-0.2, 0) is 0 Å². The van der Waals surface area contributed by atoms with Crippen molar-refractivity contribution < 1.29 is 0 Å². The second-order valence-corrected chi connectivity index (χ2v) is 9.19. The van der Waals surface area contributed by atoms with Gasteiger partial charge in [-0.2, -0.15) is 0 Å². The summed E-state index contributed by atoms with van der Waals surface area (Å²) in [7, 11) is 0. The minimum absolute atomic E-state index is 1.10. The first-order valence-corrected chi connectivity index (χ1v) is 10.6. The number of benzene rings is 3. The third kappa shape index (κ3) is 2.19. The van der Waals surface area contributed by atoms with Crippen molar-refractivity contribution in [2.45, 2.75) is 6.92 Å². The van der Waals surface area contributed by atoms with Gasteiger partial charge < -0.3 is 0 Å². The zero-order valence-corrected chi connectivity index (χ0v) is 16.3. The van der Waals surface area contributed by atoms with Gasteiger partial charge in [0.05, 0.1) is 10.4 Å². The fraction of sp³-hybridized carbons (Fsp3) is 0.0417. The van der Waals surface area contributed by atoms with Gasteiger partial charge in [0.2, 0.25) is 0 Å². The quantitative estimate of drug-likeness (QED) is 0.283. The summed E-state index contributed by atoms with van der Waals surface area (Å²) in [6.45, 7) is 2.19. The van der Waals surface area contributed by atoms with E-state index in [0.29, 0.717) is 0 Å². The smallest absolute Gasteiger partial charge is 0.0895 e. The molecule has 6 aromatic rings. The molecular weight excluding hydrogens is 366 g/mol. The fourth-order valence-corrected chi connectivity index (χ4v) is 6.27. The first-order chi connectivity index (χ1) is 13.3. The molecule has 0 spiro atoms. The molecule has 0 bridgehead atoms. The zero-order valence-electron chi connectivity index (χ0n) is 14.7. The molecule has 27 heavy (non-hydrogen) atoms. The van der Waals surface area contributed by atoms with E-state index in [0.717, 1.165) is 5.69 Å². The van der Waals surface area contributed by atoms with Gasteiger partial charge in [0, 0.05) is 42.2 Å². The van der Waals surface area contributed by atoms with Crippen LogP contribution in [-0.4, -0.2) is 4.98 Å². The Morgan fingerprint density at radius 1 is 0.704 bits per heavy atom. The summed E-state index contributed by atoms with van der Waals surface area (Å²) in [5, 5.41) is 6.56. The highest BCUT2D eigenvalue weighted by Crippen LogP contribution is 2.44. The van der Waals surface area contributed by atoms with Gasteiger partial charge >= 0.3 is 0 Å². The highest BCUT2D eigenvalue weighted by Gasteiger charge is 2.16. The molecule has 0 unspecified atom stereocenters. The molecule has 0 saturated carbocycles. The summed E-state index contributed by atoms with van der Waals surface area (Å²) in [4.78, 5) is 6.19. The Labute approximate surface area is 164 Å². The standard InChI is InChI=1S/C24H15NS2/c1-14-12-19-16-7-3-2-6-15(16)13-20(23(19)26-14)22-24-18(10-11-25-22)17-8-4-5-9-21(17)27-24/h2-13H,1H3. The highest BCUT2D eigenvalue weighted by atomic mass is 32.1. The van der Waals surface area contributed by atoms with Gasteiger partial charge in [0.15, 0.2) is 0 Å². The fourth-order valence-electron chi connectivity index (χ4n) is 4.02. The molecular formula is C24H15NS2. The number of hydrogen-bond acceptors (Lipinski definition) is 3. The van der Waals surface area contributed by atoms with Crippen molar-refractivity contribution in [1.29, 1.82) is 0 Å². The van der Waals surface area contributed by atoms with Crippen LogP contribution in [0.5, 0.6) is 0 Å². The van der Waals surface area contributed by atoms with E-state index in [2.05, 4.69) is 73.7 Å². The predicted molar refractivity (Wildman–Crippen MR) is 120 cm³/mol. The number of aromatic nitrogens is 1. The number of fused-ring (bicyclic) bond motifs is 6. The van der Waals surface area contributed by atoms with Crippen molar-refractivity contribution in [3.8, 4) is 11.3 Å². The van der Waals surface area contributed by atoms with Crippen LogP contribution in [0.3, 0.4) is 0 Å². The molecule has 0 radical (unpaired) electrons. The summed E-state index contributed by atoms with van der Waals surface area (Å²) in [5.74, 6) is 0. The molecule has 128 valence electrons. The molecule has 0 aliphatic heterocycles. The van der Waals surface area contributed by atoms with Crippen molar-refractivity contribution in [2.24, 2.45) is 0 Å². The maximum atomic E-state index is 4.86. The summed E-state index contributed by atoms with van der Waals surface area (Å²) in [6, 6.07) is 24.1.